The maximum atomic E-state index is 7.48. The number of hydrogen-bond acceptors (Lipinski definition) is 2. The minimum atomic E-state index is -0.103. The van der Waals surface area contributed by atoms with Gasteiger partial charge in [0.05, 0.1) is 5.84 Å². The maximum Gasteiger partial charge on any atom is 0.0963 e. The van der Waals surface area contributed by atoms with Crippen molar-refractivity contribution in [2.45, 2.75) is 52.4 Å². The van der Waals surface area contributed by atoms with E-state index in [0.717, 1.165) is 12.3 Å². The Labute approximate surface area is 104 Å². The summed E-state index contributed by atoms with van der Waals surface area (Å²) in [5.74, 6) is 3.90. The van der Waals surface area contributed by atoms with Crippen molar-refractivity contribution in [3.05, 3.63) is 0 Å². The number of amidine groups is 1. The molecule has 1 aliphatic carbocycles. The molecular formula is C13H26N2S. The van der Waals surface area contributed by atoms with Crippen molar-refractivity contribution in [1.29, 1.82) is 5.41 Å². The number of hydrogen-bond donors (Lipinski definition) is 2. The first-order chi connectivity index (χ1) is 7.52. The number of thioether (sulfide) groups is 1. The normalized spacial score (nSPS) is 17.9. The summed E-state index contributed by atoms with van der Waals surface area (Å²) in [6.07, 6.45) is 8.02. The van der Waals surface area contributed by atoms with Crippen molar-refractivity contribution in [1.82, 2.24) is 0 Å². The van der Waals surface area contributed by atoms with Crippen LogP contribution in [-0.4, -0.2) is 17.3 Å². The molecule has 0 aliphatic heterocycles. The Bertz CT molecular complexity index is 220. The summed E-state index contributed by atoms with van der Waals surface area (Å²) in [4.78, 5) is 0. The van der Waals surface area contributed by atoms with Gasteiger partial charge in [-0.1, -0.05) is 26.7 Å². The minimum absolute atomic E-state index is 0.103. The van der Waals surface area contributed by atoms with Crippen LogP contribution in [0.5, 0.6) is 0 Å². The van der Waals surface area contributed by atoms with Crippen molar-refractivity contribution < 1.29 is 0 Å². The first kappa shape index (κ1) is 13.9. The van der Waals surface area contributed by atoms with Gasteiger partial charge in [-0.15, -0.1) is 0 Å². The fourth-order valence-corrected chi connectivity index (χ4v) is 3.36. The van der Waals surface area contributed by atoms with E-state index in [1.54, 1.807) is 0 Å². The van der Waals surface area contributed by atoms with Crippen LogP contribution in [0.4, 0.5) is 0 Å². The summed E-state index contributed by atoms with van der Waals surface area (Å²) in [5.41, 5.74) is 5.46. The van der Waals surface area contributed by atoms with E-state index >= 15 is 0 Å². The van der Waals surface area contributed by atoms with Crippen LogP contribution in [0.25, 0.3) is 0 Å². The molecule has 2 nitrogen and oxygen atoms in total. The zero-order chi connectivity index (χ0) is 12.0. The second kappa shape index (κ2) is 6.53. The largest absolute Gasteiger partial charge is 0.387 e. The fraction of sp³-hybridized carbons (Fsp3) is 0.923. The topological polar surface area (TPSA) is 49.9 Å². The molecule has 0 unspecified atom stereocenters. The molecule has 0 amide bonds. The molecule has 0 aromatic heterocycles. The van der Waals surface area contributed by atoms with Gasteiger partial charge in [0.25, 0.3) is 0 Å². The Balaban J connectivity index is 2.01. The molecule has 0 radical (unpaired) electrons. The van der Waals surface area contributed by atoms with Gasteiger partial charge in [-0.25, -0.2) is 0 Å². The van der Waals surface area contributed by atoms with Crippen LogP contribution in [-0.2, 0) is 0 Å². The zero-order valence-electron chi connectivity index (χ0n) is 10.7. The maximum absolute atomic E-state index is 7.48. The van der Waals surface area contributed by atoms with Gasteiger partial charge in [-0.2, -0.15) is 11.8 Å². The molecule has 1 fully saturated rings. The number of rotatable bonds is 7. The van der Waals surface area contributed by atoms with Gasteiger partial charge in [0, 0.05) is 5.41 Å². The Morgan fingerprint density at radius 1 is 1.38 bits per heavy atom. The van der Waals surface area contributed by atoms with Gasteiger partial charge in [0.2, 0.25) is 0 Å². The number of nitrogens with one attached hydrogen (secondary N) is 1. The third kappa shape index (κ3) is 4.77. The molecule has 0 heterocycles. The van der Waals surface area contributed by atoms with Crippen molar-refractivity contribution >= 4 is 17.6 Å². The summed E-state index contributed by atoms with van der Waals surface area (Å²) in [5, 5.41) is 7.48. The molecule has 1 rings (SSSR count). The van der Waals surface area contributed by atoms with Crippen LogP contribution in [0.15, 0.2) is 0 Å². The highest BCUT2D eigenvalue weighted by Gasteiger charge is 2.21. The molecule has 94 valence electrons. The standard InChI is InChI=1S/C13H26N2S/c1-13(2,12(14)15)8-5-9-16-10-11-6-3-4-7-11/h11H,3-10H2,1-2H3,(H3,14,15). The van der Waals surface area contributed by atoms with Crippen molar-refractivity contribution in [3.63, 3.8) is 0 Å². The molecule has 0 bridgehead atoms. The van der Waals surface area contributed by atoms with E-state index in [4.69, 9.17) is 11.1 Å². The Hall–Kier alpha value is -0.180. The van der Waals surface area contributed by atoms with Gasteiger partial charge >= 0.3 is 0 Å². The van der Waals surface area contributed by atoms with Crippen LogP contribution in [0.2, 0.25) is 0 Å². The summed E-state index contributed by atoms with van der Waals surface area (Å²) in [6.45, 7) is 4.13. The second-order valence-corrected chi connectivity index (χ2v) is 6.78. The van der Waals surface area contributed by atoms with E-state index in [9.17, 15) is 0 Å². The smallest absolute Gasteiger partial charge is 0.0963 e. The second-order valence-electron chi connectivity index (χ2n) is 5.63. The highest BCUT2D eigenvalue weighted by atomic mass is 32.2. The average molecular weight is 242 g/mol. The molecule has 0 atom stereocenters. The summed E-state index contributed by atoms with van der Waals surface area (Å²) in [6, 6.07) is 0. The van der Waals surface area contributed by atoms with Gasteiger partial charge < -0.3 is 5.73 Å². The third-order valence-electron chi connectivity index (χ3n) is 3.65. The molecule has 3 heteroatoms. The SMILES string of the molecule is CC(C)(CCCSCC1CCCC1)C(=N)N. The number of nitrogens with two attached hydrogens (primary N) is 1. The van der Waals surface area contributed by atoms with Crippen LogP contribution in [0.1, 0.15) is 52.4 Å². The van der Waals surface area contributed by atoms with Gasteiger partial charge in [-0.3, -0.25) is 5.41 Å². The summed E-state index contributed by atoms with van der Waals surface area (Å²) >= 11 is 2.09. The van der Waals surface area contributed by atoms with Gasteiger partial charge in [0.1, 0.15) is 0 Å². The lowest BCUT2D eigenvalue weighted by atomic mass is 9.87. The molecular weight excluding hydrogens is 216 g/mol. The highest BCUT2D eigenvalue weighted by molar-refractivity contribution is 7.99. The molecule has 1 saturated carbocycles. The molecule has 0 spiro atoms. The summed E-state index contributed by atoms with van der Waals surface area (Å²) < 4.78 is 0. The lowest BCUT2D eigenvalue weighted by Crippen LogP contribution is -2.30. The molecule has 3 N–H and O–H groups in total. The molecule has 0 saturated heterocycles. The fourth-order valence-electron chi connectivity index (χ4n) is 2.18. The van der Waals surface area contributed by atoms with Crippen LogP contribution < -0.4 is 5.73 Å². The van der Waals surface area contributed by atoms with Crippen molar-refractivity contribution in [3.8, 4) is 0 Å². The average Bonchev–Trinajstić information content (AvgIpc) is 2.69. The Morgan fingerprint density at radius 3 is 2.56 bits per heavy atom. The minimum Gasteiger partial charge on any atom is -0.387 e. The predicted octanol–water partition coefficient (Wildman–Crippen LogP) is 3.65. The monoisotopic (exact) mass is 242 g/mol. The molecule has 1 aliphatic rings. The van der Waals surface area contributed by atoms with E-state index in [-0.39, 0.29) is 5.41 Å². The molecule has 16 heavy (non-hydrogen) atoms. The van der Waals surface area contributed by atoms with Gasteiger partial charge in [0.15, 0.2) is 0 Å². The van der Waals surface area contributed by atoms with Gasteiger partial charge in [-0.05, 0) is 43.1 Å². The van der Waals surface area contributed by atoms with E-state index in [1.807, 2.05) is 0 Å². The quantitative estimate of drug-likeness (QED) is 0.407. The van der Waals surface area contributed by atoms with Crippen LogP contribution in [0.3, 0.4) is 0 Å². The Morgan fingerprint density at radius 2 is 2.00 bits per heavy atom. The zero-order valence-corrected chi connectivity index (χ0v) is 11.5. The van der Waals surface area contributed by atoms with E-state index in [1.165, 1.54) is 43.6 Å². The lowest BCUT2D eigenvalue weighted by molar-refractivity contribution is 0.464. The molecule has 0 aromatic rings. The first-order valence-electron chi connectivity index (χ1n) is 6.44. The third-order valence-corrected chi connectivity index (χ3v) is 4.93. The van der Waals surface area contributed by atoms with E-state index < -0.39 is 0 Å². The van der Waals surface area contributed by atoms with Crippen LogP contribution >= 0.6 is 11.8 Å². The van der Waals surface area contributed by atoms with E-state index in [2.05, 4.69) is 25.6 Å². The summed E-state index contributed by atoms with van der Waals surface area (Å²) in [7, 11) is 0. The predicted molar refractivity (Wildman–Crippen MR) is 74.2 cm³/mol. The van der Waals surface area contributed by atoms with Crippen LogP contribution in [0, 0.1) is 16.7 Å². The van der Waals surface area contributed by atoms with E-state index in [0.29, 0.717) is 5.84 Å². The van der Waals surface area contributed by atoms with Crippen molar-refractivity contribution in [2.24, 2.45) is 17.1 Å². The first-order valence-corrected chi connectivity index (χ1v) is 7.60. The highest BCUT2D eigenvalue weighted by Crippen LogP contribution is 2.29. The van der Waals surface area contributed by atoms with Crippen molar-refractivity contribution in [2.75, 3.05) is 11.5 Å². The molecule has 0 aromatic carbocycles. The lowest BCUT2D eigenvalue weighted by Gasteiger charge is -2.22. The Kier molecular flexibility index (Phi) is 5.67.